The molecule has 158 valence electrons. The summed E-state index contributed by atoms with van der Waals surface area (Å²) in [6, 6.07) is 0.0172. The molecular formula is C18H37IN6O2. The minimum atomic E-state index is -0.244. The van der Waals surface area contributed by atoms with Crippen LogP contribution in [-0.2, 0) is 9.59 Å². The van der Waals surface area contributed by atoms with Gasteiger partial charge in [-0.25, -0.2) is 0 Å². The summed E-state index contributed by atoms with van der Waals surface area (Å²) in [5.41, 5.74) is -0.244. The maximum atomic E-state index is 12.2. The Labute approximate surface area is 180 Å². The number of likely N-dealkylation sites (tertiary alicyclic amines) is 1. The van der Waals surface area contributed by atoms with Crippen LogP contribution in [0.4, 0.5) is 0 Å². The Balaban J connectivity index is 0.00000676. The molecule has 27 heavy (non-hydrogen) atoms. The van der Waals surface area contributed by atoms with Crippen molar-refractivity contribution in [3.63, 3.8) is 0 Å². The van der Waals surface area contributed by atoms with Gasteiger partial charge in [0.1, 0.15) is 0 Å². The molecule has 2 amide bonds. The topological polar surface area (TPSA) is 89.1 Å². The molecule has 1 heterocycles. The van der Waals surface area contributed by atoms with Crippen molar-refractivity contribution in [1.29, 1.82) is 0 Å². The largest absolute Gasteiger partial charge is 0.356 e. The van der Waals surface area contributed by atoms with Gasteiger partial charge in [-0.3, -0.25) is 19.5 Å². The zero-order chi connectivity index (χ0) is 19.7. The molecule has 0 spiro atoms. The highest BCUT2D eigenvalue weighted by Gasteiger charge is 2.30. The number of rotatable bonds is 7. The quantitative estimate of drug-likeness (QED) is 0.208. The third kappa shape index (κ3) is 10.1. The van der Waals surface area contributed by atoms with E-state index in [-0.39, 0.29) is 53.9 Å². The summed E-state index contributed by atoms with van der Waals surface area (Å²) in [6.45, 7) is 8.62. The van der Waals surface area contributed by atoms with Crippen molar-refractivity contribution in [2.24, 2.45) is 4.99 Å². The monoisotopic (exact) mass is 496 g/mol. The molecule has 1 saturated heterocycles. The summed E-state index contributed by atoms with van der Waals surface area (Å²) in [5.74, 6) is 0.733. The number of aliphatic imine (C=N–C) groups is 1. The van der Waals surface area contributed by atoms with Crippen molar-refractivity contribution < 1.29 is 9.59 Å². The molecule has 1 unspecified atom stereocenters. The summed E-state index contributed by atoms with van der Waals surface area (Å²) in [7, 11) is 5.31. The first kappa shape index (κ1) is 25.9. The SMILES string of the molecule is CN=C(NCCCN1CCCC1C(=O)N(C)C)NCC(=O)NC(C)(C)C.I. The van der Waals surface area contributed by atoms with Crippen LogP contribution in [0.1, 0.15) is 40.0 Å². The highest BCUT2D eigenvalue weighted by Crippen LogP contribution is 2.18. The van der Waals surface area contributed by atoms with E-state index in [0.29, 0.717) is 5.96 Å². The van der Waals surface area contributed by atoms with E-state index in [2.05, 4.69) is 25.8 Å². The fourth-order valence-electron chi connectivity index (χ4n) is 3.01. The van der Waals surface area contributed by atoms with E-state index in [1.54, 1.807) is 11.9 Å². The predicted molar refractivity (Wildman–Crippen MR) is 121 cm³/mol. The van der Waals surface area contributed by atoms with Crippen LogP contribution in [-0.4, -0.2) is 86.5 Å². The number of nitrogens with zero attached hydrogens (tertiary/aromatic N) is 3. The van der Waals surface area contributed by atoms with Gasteiger partial charge in [-0.05, 0) is 46.6 Å². The smallest absolute Gasteiger partial charge is 0.239 e. The predicted octanol–water partition coefficient (Wildman–Crippen LogP) is 0.627. The van der Waals surface area contributed by atoms with Crippen LogP contribution in [0.2, 0.25) is 0 Å². The van der Waals surface area contributed by atoms with Crippen LogP contribution < -0.4 is 16.0 Å². The average Bonchev–Trinajstić information content (AvgIpc) is 3.00. The van der Waals surface area contributed by atoms with Crippen molar-refractivity contribution >= 4 is 41.8 Å². The summed E-state index contributed by atoms with van der Waals surface area (Å²) in [5, 5.41) is 9.13. The second-order valence-corrected chi connectivity index (χ2v) is 7.93. The zero-order valence-electron chi connectivity index (χ0n) is 17.6. The molecule has 0 bridgehead atoms. The summed E-state index contributed by atoms with van der Waals surface area (Å²) in [6.07, 6.45) is 2.92. The lowest BCUT2D eigenvalue weighted by Crippen LogP contribution is -2.48. The first-order valence-corrected chi connectivity index (χ1v) is 9.35. The van der Waals surface area contributed by atoms with Crippen LogP contribution in [0, 0.1) is 0 Å². The van der Waals surface area contributed by atoms with Crippen LogP contribution in [0.25, 0.3) is 0 Å². The molecule has 0 aromatic carbocycles. The molecule has 9 heteroatoms. The van der Waals surface area contributed by atoms with Gasteiger partial charge in [0.25, 0.3) is 0 Å². The van der Waals surface area contributed by atoms with Gasteiger partial charge in [0.2, 0.25) is 11.8 Å². The van der Waals surface area contributed by atoms with Gasteiger partial charge in [0.05, 0.1) is 12.6 Å². The fourth-order valence-corrected chi connectivity index (χ4v) is 3.01. The first-order chi connectivity index (χ1) is 12.1. The van der Waals surface area contributed by atoms with Gasteiger partial charge in [0.15, 0.2) is 5.96 Å². The van der Waals surface area contributed by atoms with Gasteiger partial charge in [0, 0.05) is 39.8 Å². The molecule has 1 rings (SSSR count). The minimum absolute atomic E-state index is 0. The van der Waals surface area contributed by atoms with Crippen molar-refractivity contribution in [3.8, 4) is 0 Å². The van der Waals surface area contributed by atoms with E-state index in [1.165, 1.54) is 0 Å². The second kappa shape index (κ2) is 12.4. The molecule has 0 aliphatic carbocycles. The van der Waals surface area contributed by atoms with Crippen molar-refractivity contribution in [1.82, 2.24) is 25.8 Å². The number of hydrogen-bond donors (Lipinski definition) is 3. The zero-order valence-corrected chi connectivity index (χ0v) is 19.9. The Bertz CT molecular complexity index is 505. The van der Waals surface area contributed by atoms with Gasteiger partial charge < -0.3 is 20.9 Å². The number of hydrogen-bond acceptors (Lipinski definition) is 4. The Morgan fingerprint density at radius 1 is 1.22 bits per heavy atom. The van der Waals surface area contributed by atoms with Crippen molar-refractivity contribution in [3.05, 3.63) is 0 Å². The molecule has 0 saturated carbocycles. The van der Waals surface area contributed by atoms with Gasteiger partial charge in [-0.2, -0.15) is 0 Å². The fraction of sp³-hybridized carbons (Fsp3) is 0.833. The maximum Gasteiger partial charge on any atom is 0.239 e. The molecule has 0 aromatic rings. The number of carbonyl (C=O) groups excluding carboxylic acids is 2. The first-order valence-electron chi connectivity index (χ1n) is 9.35. The van der Waals surface area contributed by atoms with Crippen molar-refractivity contribution in [2.45, 2.75) is 51.6 Å². The molecule has 0 aromatic heterocycles. The lowest BCUT2D eigenvalue weighted by atomic mass is 10.1. The lowest BCUT2D eigenvalue weighted by molar-refractivity contribution is -0.133. The van der Waals surface area contributed by atoms with E-state index >= 15 is 0 Å². The van der Waals surface area contributed by atoms with Crippen LogP contribution in [0.5, 0.6) is 0 Å². The maximum absolute atomic E-state index is 12.2. The molecule has 0 radical (unpaired) electrons. The number of nitrogens with one attached hydrogen (secondary N) is 3. The van der Waals surface area contributed by atoms with E-state index in [0.717, 1.165) is 38.9 Å². The minimum Gasteiger partial charge on any atom is -0.356 e. The van der Waals surface area contributed by atoms with Gasteiger partial charge in [-0.1, -0.05) is 0 Å². The molecule has 1 aliphatic heterocycles. The molecule has 1 atom stereocenters. The summed E-state index contributed by atoms with van der Waals surface area (Å²) in [4.78, 5) is 32.1. The number of carbonyl (C=O) groups is 2. The normalized spacial score (nSPS) is 17.9. The average molecular weight is 496 g/mol. The molecular weight excluding hydrogens is 459 g/mol. The molecule has 8 nitrogen and oxygen atoms in total. The van der Waals surface area contributed by atoms with E-state index in [4.69, 9.17) is 0 Å². The Morgan fingerprint density at radius 3 is 2.44 bits per heavy atom. The van der Waals surface area contributed by atoms with Crippen LogP contribution >= 0.6 is 24.0 Å². The highest BCUT2D eigenvalue weighted by molar-refractivity contribution is 14.0. The van der Waals surface area contributed by atoms with Gasteiger partial charge >= 0.3 is 0 Å². The third-order valence-corrected chi connectivity index (χ3v) is 4.16. The van der Waals surface area contributed by atoms with Crippen LogP contribution in [0.15, 0.2) is 4.99 Å². The number of guanidine groups is 1. The van der Waals surface area contributed by atoms with Crippen LogP contribution in [0.3, 0.4) is 0 Å². The Hall–Kier alpha value is -1.10. The standard InChI is InChI=1S/C18H36N6O2.HI/c1-18(2,3)22-15(25)13-21-17(19-4)20-10-8-12-24-11-7-9-14(24)16(26)23(5)6;/h14H,7-13H2,1-6H3,(H,22,25)(H2,19,20,21);1H. The molecule has 1 fully saturated rings. The summed E-state index contributed by atoms with van der Waals surface area (Å²) >= 11 is 0. The molecule has 1 aliphatic rings. The number of halogens is 1. The van der Waals surface area contributed by atoms with E-state index in [1.807, 2.05) is 34.9 Å². The van der Waals surface area contributed by atoms with Gasteiger partial charge in [-0.15, -0.1) is 24.0 Å². The lowest BCUT2D eigenvalue weighted by Gasteiger charge is -2.26. The third-order valence-electron chi connectivity index (χ3n) is 4.16. The molecule has 3 N–H and O–H groups in total. The highest BCUT2D eigenvalue weighted by atomic mass is 127. The van der Waals surface area contributed by atoms with E-state index < -0.39 is 0 Å². The number of likely N-dealkylation sites (N-methyl/N-ethyl adjacent to an activating group) is 1. The summed E-state index contributed by atoms with van der Waals surface area (Å²) < 4.78 is 0. The van der Waals surface area contributed by atoms with Crippen molar-refractivity contribution in [2.75, 3.05) is 47.3 Å². The Morgan fingerprint density at radius 2 is 1.89 bits per heavy atom. The van der Waals surface area contributed by atoms with E-state index in [9.17, 15) is 9.59 Å². The number of amides is 2. The Kier molecular flexibility index (Phi) is 11.9. The second-order valence-electron chi connectivity index (χ2n) is 7.93.